The Kier molecular flexibility index (Phi) is 6.23. The second-order valence-corrected chi connectivity index (χ2v) is 3.90. The molecule has 0 bridgehead atoms. The number of nitrogens with two attached hydrogens (primary N) is 5. The largest absolute Gasteiger partial charge is 0.479 e. The summed E-state index contributed by atoms with van der Waals surface area (Å²) in [6.07, 6.45) is 0.660. The molecule has 0 rings (SSSR count). The lowest BCUT2D eigenvalue weighted by molar-refractivity contribution is -0.148. The number of hydrogen-bond acceptors (Lipinski definition) is 6. The van der Waals surface area contributed by atoms with Gasteiger partial charge >= 0.3 is 5.97 Å². The van der Waals surface area contributed by atoms with Crippen LogP contribution in [0.1, 0.15) is 12.8 Å². The van der Waals surface area contributed by atoms with Crippen molar-refractivity contribution in [2.24, 2.45) is 33.7 Å². The molecule has 0 aliphatic rings. The first-order valence-electron chi connectivity index (χ1n) is 5.33. The van der Waals surface area contributed by atoms with Crippen LogP contribution in [0, 0.1) is 0 Å². The summed E-state index contributed by atoms with van der Waals surface area (Å²) in [6.45, 7) is -0.209. The first-order chi connectivity index (χ1) is 8.25. The first kappa shape index (κ1) is 16.3. The Morgan fingerprint density at radius 1 is 1.33 bits per heavy atom. The van der Waals surface area contributed by atoms with Gasteiger partial charge < -0.3 is 33.8 Å². The monoisotopic (exact) mass is 260 g/mol. The fourth-order valence-electron chi connectivity index (χ4n) is 1.27. The summed E-state index contributed by atoms with van der Waals surface area (Å²) in [7, 11) is 0. The van der Waals surface area contributed by atoms with Crippen molar-refractivity contribution in [3.8, 4) is 0 Å². The van der Waals surface area contributed by atoms with Crippen molar-refractivity contribution in [2.45, 2.75) is 24.4 Å². The standard InChI is InChI=1S/C9H20N6O3/c10-4-9(14,7(17)18)6(16)5(11)2-1-3-15-8(12)13/h5H,1-4,10-11,14H2,(H,17,18)(H4,12,13,15)/t5-,9?/m0/s1. The zero-order chi connectivity index (χ0) is 14.3. The Hall–Kier alpha value is -1.71. The highest BCUT2D eigenvalue weighted by atomic mass is 16.4. The fraction of sp³-hybridized carbons (Fsp3) is 0.667. The molecule has 0 aromatic rings. The molecular weight excluding hydrogens is 240 g/mol. The van der Waals surface area contributed by atoms with Gasteiger partial charge in [0, 0.05) is 13.1 Å². The average molecular weight is 260 g/mol. The maximum Gasteiger partial charge on any atom is 0.332 e. The third kappa shape index (κ3) is 4.28. The third-order valence-electron chi connectivity index (χ3n) is 2.45. The Bertz CT molecular complexity index is 341. The van der Waals surface area contributed by atoms with Crippen LogP contribution in [-0.4, -0.2) is 47.5 Å². The van der Waals surface area contributed by atoms with Crippen LogP contribution in [-0.2, 0) is 9.59 Å². The second-order valence-electron chi connectivity index (χ2n) is 3.90. The molecule has 104 valence electrons. The molecule has 0 saturated carbocycles. The minimum atomic E-state index is -2.14. The van der Waals surface area contributed by atoms with Gasteiger partial charge in [0.15, 0.2) is 17.3 Å². The minimum absolute atomic E-state index is 0.0597. The Labute approximate surface area is 104 Å². The summed E-state index contributed by atoms with van der Waals surface area (Å²) in [5.41, 5.74) is 24.3. The molecule has 0 aliphatic heterocycles. The molecule has 0 spiro atoms. The number of rotatable bonds is 8. The van der Waals surface area contributed by atoms with E-state index in [1.807, 2.05) is 0 Å². The van der Waals surface area contributed by atoms with E-state index in [4.69, 9.17) is 33.8 Å². The summed E-state index contributed by atoms with van der Waals surface area (Å²) in [5, 5.41) is 8.86. The number of carboxylic acids is 1. The fourth-order valence-corrected chi connectivity index (χ4v) is 1.27. The molecule has 0 radical (unpaired) electrons. The molecule has 11 N–H and O–H groups in total. The predicted molar refractivity (Wildman–Crippen MR) is 66.5 cm³/mol. The zero-order valence-electron chi connectivity index (χ0n) is 10.0. The van der Waals surface area contributed by atoms with Gasteiger partial charge in [0.1, 0.15) is 0 Å². The van der Waals surface area contributed by atoms with Gasteiger partial charge in [-0.25, -0.2) is 4.79 Å². The van der Waals surface area contributed by atoms with Crippen LogP contribution in [0.4, 0.5) is 0 Å². The van der Waals surface area contributed by atoms with E-state index in [9.17, 15) is 9.59 Å². The molecule has 9 heteroatoms. The van der Waals surface area contributed by atoms with E-state index >= 15 is 0 Å². The highest BCUT2D eigenvalue weighted by Crippen LogP contribution is 2.07. The second kappa shape index (κ2) is 6.89. The van der Waals surface area contributed by atoms with Crippen LogP contribution in [0.15, 0.2) is 4.99 Å². The SMILES string of the molecule is NCC(N)(C(=O)O)C(=O)[C@@H](N)CCCN=C(N)N. The molecule has 0 saturated heterocycles. The van der Waals surface area contributed by atoms with Crippen LogP contribution in [0.5, 0.6) is 0 Å². The van der Waals surface area contributed by atoms with Crippen LogP contribution >= 0.6 is 0 Å². The lowest BCUT2D eigenvalue weighted by Gasteiger charge is -2.24. The smallest absolute Gasteiger partial charge is 0.332 e. The van der Waals surface area contributed by atoms with Gasteiger partial charge in [-0.2, -0.15) is 0 Å². The lowest BCUT2D eigenvalue weighted by atomic mass is 9.89. The van der Waals surface area contributed by atoms with E-state index in [0.29, 0.717) is 13.0 Å². The summed E-state index contributed by atoms with van der Waals surface area (Å²) < 4.78 is 0. The summed E-state index contributed by atoms with van der Waals surface area (Å²) in [5.74, 6) is -2.35. The van der Waals surface area contributed by atoms with E-state index < -0.39 is 29.9 Å². The molecule has 18 heavy (non-hydrogen) atoms. The molecule has 0 aromatic carbocycles. The van der Waals surface area contributed by atoms with Gasteiger partial charge in [-0.05, 0) is 12.8 Å². The number of ketones is 1. The highest BCUT2D eigenvalue weighted by Gasteiger charge is 2.43. The van der Waals surface area contributed by atoms with Crippen molar-refractivity contribution in [3.05, 3.63) is 0 Å². The number of carboxylic acid groups (broad SMARTS) is 1. The van der Waals surface area contributed by atoms with Crippen molar-refractivity contribution in [1.29, 1.82) is 0 Å². The molecule has 0 aromatic heterocycles. The maximum absolute atomic E-state index is 11.8. The number of guanidine groups is 1. The average Bonchev–Trinajstić information content (AvgIpc) is 2.31. The predicted octanol–water partition coefficient (Wildman–Crippen LogP) is -3.32. The van der Waals surface area contributed by atoms with Gasteiger partial charge in [-0.3, -0.25) is 9.79 Å². The normalized spacial score (nSPS) is 15.5. The number of aliphatic carboxylic acids is 1. The number of Topliss-reactive ketones (excluding diaryl/α,β-unsaturated/α-hetero) is 1. The third-order valence-corrected chi connectivity index (χ3v) is 2.45. The minimum Gasteiger partial charge on any atom is -0.479 e. The van der Waals surface area contributed by atoms with Crippen molar-refractivity contribution in [1.82, 2.24) is 0 Å². The van der Waals surface area contributed by atoms with Crippen molar-refractivity contribution < 1.29 is 14.7 Å². The molecule has 1 unspecified atom stereocenters. The number of hydrogen-bond donors (Lipinski definition) is 6. The zero-order valence-corrected chi connectivity index (χ0v) is 10.0. The summed E-state index contributed by atoms with van der Waals surface area (Å²) in [6, 6.07) is -1.01. The van der Waals surface area contributed by atoms with Gasteiger partial charge in [0.05, 0.1) is 6.04 Å². The number of aliphatic imine (C=N–C) groups is 1. The molecule has 0 fully saturated rings. The van der Waals surface area contributed by atoms with Gasteiger partial charge in [0.25, 0.3) is 0 Å². The lowest BCUT2D eigenvalue weighted by Crippen LogP contribution is -2.64. The van der Waals surface area contributed by atoms with Crippen molar-refractivity contribution >= 4 is 17.7 Å². The Morgan fingerprint density at radius 2 is 1.89 bits per heavy atom. The molecule has 0 amide bonds. The topological polar surface area (TPSA) is 197 Å². The molecule has 0 heterocycles. The molecule has 2 atom stereocenters. The molecular formula is C9H20N6O3. The van der Waals surface area contributed by atoms with E-state index in [1.54, 1.807) is 0 Å². The number of nitrogens with zero attached hydrogens (tertiary/aromatic N) is 1. The first-order valence-corrected chi connectivity index (χ1v) is 5.33. The molecule has 9 nitrogen and oxygen atoms in total. The number of carbonyl (C=O) groups excluding carboxylic acids is 1. The number of carbonyl (C=O) groups is 2. The summed E-state index contributed by atoms with van der Waals surface area (Å²) >= 11 is 0. The molecule has 0 aliphatic carbocycles. The quantitative estimate of drug-likeness (QED) is 0.113. The van der Waals surface area contributed by atoms with E-state index in [-0.39, 0.29) is 12.4 Å². The van der Waals surface area contributed by atoms with Crippen LogP contribution in [0.25, 0.3) is 0 Å². The van der Waals surface area contributed by atoms with Gasteiger partial charge in [-0.1, -0.05) is 0 Å². The maximum atomic E-state index is 11.8. The van der Waals surface area contributed by atoms with Crippen LogP contribution in [0.2, 0.25) is 0 Å². The highest BCUT2D eigenvalue weighted by molar-refractivity contribution is 6.10. The van der Waals surface area contributed by atoms with Gasteiger partial charge in [-0.15, -0.1) is 0 Å². The van der Waals surface area contributed by atoms with Crippen molar-refractivity contribution in [3.63, 3.8) is 0 Å². The van der Waals surface area contributed by atoms with E-state index in [2.05, 4.69) is 4.99 Å². The Morgan fingerprint density at radius 3 is 2.28 bits per heavy atom. The van der Waals surface area contributed by atoms with Crippen LogP contribution in [0.3, 0.4) is 0 Å². The van der Waals surface area contributed by atoms with Gasteiger partial charge in [0.2, 0.25) is 0 Å². The van der Waals surface area contributed by atoms with E-state index in [1.165, 1.54) is 0 Å². The van der Waals surface area contributed by atoms with Crippen molar-refractivity contribution in [2.75, 3.05) is 13.1 Å². The van der Waals surface area contributed by atoms with Crippen LogP contribution < -0.4 is 28.7 Å². The Balaban J connectivity index is 4.42. The van der Waals surface area contributed by atoms with E-state index in [0.717, 1.165) is 0 Å². The summed E-state index contributed by atoms with van der Waals surface area (Å²) in [4.78, 5) is 26.4.